The summed E-state index contributed by atoms with van der Waals surface area (Å²) in [6.45, 7) is 2.50. The fraction of sp³-hybridized carbons (Fsp3) is 0.300. The molecule has 1 saturated heterocycles. The van der Waals surface area contributed by atoms with Gasteiger partial charge in [0.25, 0.3) is 0 Å². The molecule has 1 amide bonds. The Kier molecular flexibility index (Phi) is 9.53. The molecule has 0 spiro atoms. The fourth-order valence-electron chi connectivity index (χ4n) is 4.86. The maximum Gasteiger partial charge on any atom is 0.321 e. The lowest BCUT2D eigenvalue weighted by Crippen LogP contribution is -2.41. The highest BCUT2D eigenvalue weighted by molar-refractivity contribution is 6.04. The molecular formula is C30H34ClN3O4. The zero-order valence-corrected chi connectivity index (χ0v) is 22.5. The summed E-state index contributed by atoms with van der Waals surface area (Å²) in [5.74, 6) is 0.0177. The van der Waals surface area contributed by atoms with E-state index in [0.717, 1.165) is 24.0 Å². The molecule has 3 aromatic carbocycles. The van der Waals surface area contributed by atoms with E-state index in [4.69, 9.17) is 20.6 Å². The lowest BCUT2D eigenvalue weighted by Gasteiger charge is -2.25. The molecule has 0 aliphatic carbocycles. The molecule has 200 valence electrons. The number of nitrogens with two attached hydrogens (primary N) is 1. The number of amides is 1. The largest absolute Gasteiger partial charge is 0.491 e. The second-order valence-corrected chi connectivity index (χ2v) is 9.60. The van der Waals surface area contributed by atoms with Gasteiger partial charge in [0.1, 0.15) is 23.6 Å². The number of amidine groups is 1. The molecule has 2 atom stereocenters. The van der Waals surface area contributed by atoms with Crippen molar-refractivity contribution in [3.63, 3.8) is 0 Å². The Labute approximate surface area is 229 Å². The maximum absolute atomic E-state index is 13.3. The molecule has 1 heterocycles. The Morgan fingerprint density at radius 3 is 2.21 bits per heavy atom. The molecule has 3 aromatic rings. The number of carbonyl (C=O) groups excluding carboxylic acids is 2. The average molecular weight is 536 g/mol. The van der Waals surface area contributed by atoms with E-state index in [-0.39, 0.29) is 36.8 Å². The van der Waals surface area contributed by atoms with Crippen LogP contribution in [0.1, 0.15) is 30.9 Å². The molecule has 0 aromatic heterocycles. The van der Waals surface area contributed by atoms with Gasteiger partial charge in [0.05, 0.1) is 13.2 Å². The molecule has 7 nitrogen and oxygen atoms in total. The van der Waals surface area contributed by atoms with E-state index in [1.54, 1.807) is 11.8 Å². The van der Waals surface area contributed by atoms with E-state index in [1.807, 2.05) is 66.7 Å². The Morgan fingerprint density at radius 2 is 1.63 bits per heavy atom. The number of methoxy groups -OCH3 is 1. The highest BCUT2D eigenvalue weighted by Crippen LogP contribution is 2.37. The van der Waals surface area contributed by atoms with Gasteiger partial charge >= 0.3 is 5.97 Å². The van der Waals surface area contributed by atoms with Gasteiger partial charge in [-0.1, -0.05) is 66.7 Å². The van der Waals surface area contributed by atoms with E-state index < -0.39 is 11.4 Å². The van der Waals surface area contributed by atoms with E-state index >= 15 is 0 Å². The lowest BCUT2D eigenvalue weighted by molar-refractivity contribution is -0.157. The van der Waals surface area contributed by atoms with Crippen molar-refractivity contribution in [2.75, 3.05) is 20.3 Å². The molecule has 1 fully saturated rings. The quantitative estimate of drug-likeness (QED) is 0.167. The first-order valence-corrected chi connectivity index (χ1v) is 12.4. The zero-order valence-electron chi connectivity index (χ0n) is 21.7. The summed E-state index contributed by atoms with van der Waals surface area (Å²) >= 11 is 0. The second kappa shape index (κ2) is 12.6. The molecule has 3 N–H and O–H groups in total. The lowest BCUT2D eigenvalue weighted by atomic mass is 9.87. The summed E-state index contributed by atoms with van der Waals surface area (Å²) in [5, 5.41) is 7.53. The highest BCUT2D eigenvalue weighted by Gasteiger charge is 2.54. The van der Waals surface area contributed by atoms with E-state index in [0.29, 0.717) is 24.3 Å². The number of nitrogen functional groups attached to an aromatic ring is 1. The van der Waals surface area contributed by atoms with Crippen molar-refractivity contribution in [1.82, 2.24) is 4.90 Å². The third-order valence-electron chi connectivity index (χ3n) is 6.99. The number of benzene rings is 3. The minimum absolute atomic E-state index is 0. The van der Waals surface area contributed by atoms with Crippen molar-refractivity contribution in [2.24, 2.45) is 11.1 Å². The van der Waals surface area contributed by atoms with Gasteiger partial charge in [0.2, 0.25) is 5.91 Å². The predicted octanol–water partition coefficient (Wildman–Crippen LogP) is 4.85. The summed E-state index contributed by atoms with van der Waals surface area (Å²) in [4.78, 5) is 27.6. The normalized spacial score (nSPS) is 18.5. The van der Waals surface area contributed by atoms with Crippen LogP contribution >= 0.6 is 12.4 Å². The van der Waals surface area contributed by atoms with Crippen LogP contribution in [-0.4, -0.2) is 48.9 Å². The van der Waals surface area contributed by atoms with Crippen LogP contribution in [0.4, 0.5) is 0 Å². The Bertz CT molecular complexity index is 1250. The molecule has 1 aliphatic heterocycles. The molecule has 4 rings (SSSR count). The summed E-state index contributed by atoms with van der Waals surface area (Å²) in [5.41, 5.74) is 8.26. The maximum atomic E-state index is 13.3. The fourth-order valence-corrected chi connectivity index (χ4v) is 4.86. The highest BCUT2D eigenvalue weighted by atomic mass is 35.5. The molecule has 0 bridgehead atoms. The van der Waals surface area contributed by atoms with Gasteiger partial charge in [-0.2, -0.15) is 0 Å². The van der Waals surface area contributed by atoms with E-state index in [1.165, 1.54) is 12.7 Å². The Balaban J connectivity index is 0.00000400. The molecule has 0 radical (unpaired) electrons. The smallest absolute Gasteiger partial charge is 0.321 e. The Morgan fingerprint density at radius 1 is 1.03 bits per heavy atom. The van der Waals surface area contributed by atoms with Crippen LogP contribution in [0.25, 0.3) is 11.1 Å². The number of rotatable bonds is 10. The average Bonchev–Trinajstić information content (AvgIpc) is 3.18. The minimum Gasteiger partial charge on any atom is -0.491 e. The number of likely N-dealkylation sites (tertiary alicyclic amines) is 1. The molecule has 1 aliphatic rings. The summed E-state index contributed by atoms with van der Waals surface area (Å²) < 4.78 is 11.1. The van der Waals surface area contributed by atoms with Gasteiger partial charge in [-0.3, -0.25) is 15.0 Å². The summed E-state index contributed by atoms with van der Waals surface area (Å²) in [6, 6.07) is 25.1. The molecular weight excluding hydrogens is 502 g/mol. The predicted molar refractivity (Wildman–Crippen MR) is 151 cm³/mol. The summed E-state index contributed by atoms with van der Waals surface area (Å²) in [7, 11) is 1.32. The van der Waals surface area contributed by atoms with Crippen LogP contribution in [0.3, 0.4) is 0 Å². The topological polar surface area (TPSA) is 106 Å². The number of nitrogens with zero attached hydrogens (tertiary/aromatic N) is 1. The summed E-state index contributed by atoms with van der Waals surface area (Å²) in [6.07, 6.45) is 1.99. The standard InChI is InChI=1S/C30H33N3O4.ClH/c1-30(29(35)36-2)19-25(33(28(30)34)18-6-9-21-7-4-3-5-8-21)20-37-26-16-14-23(15-17-26)22-10-12-24(13-11-22)27(31)32;/h3-5,7-8,10-17,25H,6,9,18-20H2,1-2H3,(H3,31,32);1H/t25-,30-;/m0./s1. The van der Waals surface area contributed by atoms with Crippen LogP contribution in [0, 0.1) is 10.8 Å². The van der Waals surface area contributed by atoms with Crippen LogP contribution in [0.2, 0.25) is 0 Å². The van der Waals surface area contributed by atoms with Crippen LogP contribution in [0.15, 0.2) is 78.9 Å². The first kappa shape index (κ1) is 28.7. The van der Waals surface area contributed by atoms with Gasteiger partial charge in [-0.25, -0.2) is 0 Å². The first-order valence-electron chi connectivity index (χ1n) is 12.4. The van der Waals surface area contributed by atoms with E-state index in [9.17, 15) is 9.59 Å². The second-order valence-electron chi connectivity index (χ2n) is 9.60. The first-order chi connectivity index (χ1) is 17.8. The molecule has 0 unspecified atom stereocenters. The number of carbonyl (C=O) groups is 2. The van der Waals surface area contributed by atoms with Gasteiger partial charge in [-0.15, -0.1) is 12.4 Å². The number of esters is 1. The third kappa shape index (κ3) is 6.34. The zero-order chi connectivity index (χ0) is 26.4. The van der Waals surface area contributed by atoms with Crippen molar-refractivity contribution in [2.45, 2.75) is 32.2 Å². The van der Waals surface area contributed by atoms with Gasteiger partial charge in [0, 0.05) is 12.1 Å². The number of aryl methyl sites for hydroxylation is 1. The molecule has 8 heteroatoms. The Hall–Kier alpha value is -3.84. The number of ether oxygens (including phenoxy) is 2. The molecule has 38 heavy (non-hydrogen) atoms. The van der Waals surface area contributed by atoms with Crippen LogP contribution in [-0.2, 0) is 20.7 Å². The van der Waals surface area contributed by atoms with Crippen molar-refractivity contribution in [3.8, 4) is 16.9 Å². The van der Waals surface area contributed by atoms with Crippen LogP contribution < -0.4 is 10.5 Å². The van der Waals surface area contributed by atoms with Crippen LogP contribution in [0.5, 0.6) is 5.75 Å². The van der Waals surface area contributed by atoms with Crippen molar-refractivity contribution in [3.05, 3.63) is 90.0 Å². The SMILES string of the molecule is COC(=O)[C@@]1(C)C[C@@H](COc2ccc(-c3ccc(C(=N)N)cc3)cc2)N(CCCc2ccccc2)C1=O.Cl. The third-order valence-corrected chi connectivity index (χ3v) is 6.99. The van der Waals surface area contributed by atoms with Crippen molar-refractivity contribution in [1.29, 1.82) is 5.41 Å². The number of halogens is 1. The van der Waals surface area contributed by atoms with Gasteiger partial charge in [0.15, 0.2) is 0 Å². The van der Waals surface area contributed by atoms with Gasteiger partial charge < -0.3 is 20.1 Å². The number of nitrogens with one attached hydrogen (secondary N) is 1. The van der Waals surface area contributed by atoms with E-state index in [2.05, 4.69) is 12.1 Å². The van der Waals surface area contributed by atoms with Gasteiger partial charge in [-0.05, 0) is 55.0 Å². The minimum atomic E-state index is -1.20. The number of hydrogen-bond acceptors (Lipinski definition) is 5. The molecule has 0 saturated carbocycles. The van der Waals surface area contributed by atoms with Crippen molar-refractivity contribution >= 4 is 30.1 Å². The monoisotopic (exact) mass is 535 g/mol. The van der Waals surface area contributed by atoms with Crippen molar-refractivity contribution < 1.29 is 19.1 Å². The number of hydrogen-bond donors (Lipinski definition) is 2.